The molecule has 1 unspecified atom stereocenters. The molecule has 0 spiro atoms. The largest absolute Gasteiger partial charge is 0.327 e. The fourth-order valence-electron chi connectivity index (χ4n) is 1.41. The van der Waals surface area contributed by atoms with Gasteiger partial charge in [0.15, 0.2) is 6.29 Å². The van der Waals surface area contributed by atoms with Gasteiger partial charge in [-0.2, -0.15) is 0 Å². The number of rotatable bonds is 6. The second-order valence-electron chi connectivity index (χ2n) is 3.87. The summed E-state index contributed by atoms with van der Waals surface area (Å²) in [5.74, 6) is 0. The van der Waals surface area contributed by atoms with Crippen molar-refractivity contribution in [3.05, 3.63) is 18.2 Å². The topological polar surface area (TPSA) is 38.1 Å². The number of aldehydes is 1. The van der Waals surface area contributed by atoms with Gasteiger partial charge in [0.1, 0.15) is 5.69 Å². The number of aromatic nitrogens is 2. The number of likely N-dealkylation sites (N-methyl/N-ethyl adjacent to an activating group) is 1. The van der Waals surface area contributed by atoms with Gasteiger partial charge in [-0.15, -0.1) is 0 Å². The quantitative estimate of drug-likeness (QED) is 0.665. The summed E-state index contributed by atoms with van der Waals surface area (Å²) in [5, 5.41) is 0. The molecule has 4 nitrogen and oxygen atoms in total. The van der Waals surface area contributed by atoms with E-state index < -0.39 is 0 Å². The monoisotopic (exact) mass is 209 g/mol. The summed E-state index contributed by atoms with van der Waals surface area (Å²) in [7, 11) is 2.10. The third-order valence-corrected chi connectivity index (χ3v) is 2.90. The Morgan fingerprint density at radius 2 is 2.40 bits per heavy atom. The van der Waals surface area contributed by atoms with E-state index in [0.717, 1.165) is 25.8 Å². The molecular weight excluding hydrogens is 190 g/mol. The van der Waals surface area contributed by atoms with Gasteiger partial charge in [0.25, 0.3) is 0 Å². The van der Waals surface area contributed by atoms with Gasteiger partial charge in [-0.1, -0.05) is 6.92 Å². The van der Waals surface area contributed by atoms with Gasteiger partial charge in [-0.25, -0.2) is 4.98 Å². The van der Waals surface area contributed by atoms with Crippen LogP contribution in [0.3, 0.4) is 0 Å². The van der Waals surface area contributed by atoms with Gasteiger partial charge in [0, 0.05) is 19.1 Å². The first-order valence-electron chi connectivity index (χ1n) is 5.34. The van der Waals surface area contributed by atoms with E-state index in [9.17, 15) is 4.79 Å². The molecule has 0 N–H and O–H groups in total. The van der Waals surface area contributed by atoms with E-state index in [2.05, 4.69) is 30.8 Å². The average Bonchev–Trinajstić information content (AvgIpc) is 2.71. The van der Waals surface area contributed by atoms with Crippen LogP contribution in [-0.4, -0.2) is 40.4 Å². The Hall–Kier alpha value is -1.16. The van der Waals surface area contributed by atoms with Crippen molar-refractivity contribution in [2.45, 2.75) is 32.9 Å². The highest BCUT2D eigenvalue weighted by molar-refractivity contribution is 5.71. The Morgan fingerprint density at radius 3 is 3.00 bits per heavy atom. The standard InChI is InChI=1S/C11H19N3O/c1-4-10(2)13(3)5-6-14-9-12-7-11(14)8-15/h7-10H,4-6H2,1-3H3. The summed E-state index contributed by atoms with van der Waals surface area (Å²) in [6, 6.07) is 0.577. The molecule has 0 bridgehead atoms. The Balaban J connectivity index is 2.46. The van der Waals surface area contributed by atoms with Crippen molar-refractivity contribution >= 4 is 6.29 Å². The Kier molecular flexibility index (Phi) is 4.49. The van der Waals surface area contributed by atoms with Gasteiger partial charge in [-0.05, 0) is 20.4 Å². The number of imidazole rings is 1. The van der Waals surface area contributed by atoms with Crippen LogP contribution in [0.4, 0.5) is 0 Å². The fourth-order valence-corrected chi connectivity index (χ4v) is 1.41. The lowest BCUT2D eigenvalue weighted by Crippen LogP contribution is -2.31. The van der Waals surface area contributed by atoms with E-state index in [1.807, 2.05) is 4.57 Å². The highest BCUT2D eigenvalue weighted by atomic mass is 16.1. The SMILES string of the molecule is CCC(C)N(C)CCn1cncc1C=O. The van der Waals surface area contributed by atoms with E-state index in [-0.39, 0.29) is 0 Å². The molecule has 84 valence electrons. The molecule has 1 aromatic heterocycles. The Bertz CT molecular complexity index is 309. The van der Waals surface area contributed by atoms with Gasteiger partial charge < -0.3 is 9.47 Å². The first-order valence-corrected chi connectivity index (χ1v) is 5.34. The van der Waals surface area contributed by atoms with Gasteiger partial charge >= 0.3 is 0 Å². The molecule has 0 aliphatic carbocycles. The lowest BCUT2D eigenvalue weighted by atomic mass is 10.2. The van der Waals surface area contributed by atoms with Crippen LogP contribution in [0.5, 0.6) is 0 Å². The van der Waals surface area contributed by atoms with Crippen molar-refractivity contribution in [2.24, 2.45) is 0 Å². The summed E-state index contributed by atoms with van der Waals surface area (Å²) in [6.07, 6.45) is 5.28. The van der Waals surface area contributed by atoms with E-state index in [0.29, 0.717) is 11.7 Å². The summed E-state index contributed by atoms with van der Waals surface area (Å²) >= 11 is 0. The molecular formula is C11H19N3O. The van der Waals surface area contributed by atoms with Crippen LogP contribution in [-0.2, 0) is 6.54 Å². The Morgan fingerprint density at radius 1 is 1.67 bits per heavy atom. The molecule has 15 heavy (non-hydrogen) atoms. The van der Waals surface area contributed by atoms with Gasteiger partial charge in [0.05, 0.1) is 12.5 Å². The van der Waals surface area contributed by atoms with Gasteiger partial charge in [0.2, 0.25) is 0 Å². The number of nitrogens with zero attached hydrogens (tertiary/aromatic N) is 3. The van der Waals surface area contributed by atoms with Gasteiger partial charge in [-0.3, -0.25) is 4.79 Å². The molecule has 0 amide bonds. The summed E-state index contributed by atoms with van der Waals surface area (Å²) in [5.41, 5.74) is 0.646. The normalized spacial score (nSPS) is 13.1. The van der Waals surface area contributed by atoms with Crippen molar-refractivity contribution in [3.63, 3.8) is 0 Å². The molecule has 1 aromatic rings. The van der Waals surface area contributed by atoms with E-state index in [1.54, 1.807) is 12.5 Å². The van der Waals surface area contributed by atoms with Crippen molar-refractivity contribution in [1.29, 1.82) is 0 Å². The molecule has 1 rings (SSSR count). The maximum atomic E-state index is 10.6. The van der Waals surface area contributed by atoms with Crippen molar-refractivity contribution in [1.82, 2.24) is 14.5 Å². The van der Waals surface area contributed by atoms with Crippen LogP contribution < -0.4 is 0 Å². The first-order chi connectivity index (χ1) is 7.19. The molecule has 0 radical (unpaired) electrons. The van der Waals surface area contributed by atoms with Crippen LogP contribution in [0.1, 0.15) is 30.8 Å². The highest BCUT2D eigenvalue weighted by Gasteiger charge is 2.07. The summed E-state index contributed by atoms with van der Waals surface area (Å²) < 4.78 is 1.88. The lowest BCUT2D eigenvalue weighted by molar-refractivity contribution is 0.111. The van der Waals surface area contributed by atoms with Crippen LogP contribution in [0.2, 0.25) is 0 Å². The van der Waals surface area contributed by atoms with E-state index in [4.69, 9.17) is 0 Å². The molecule has 0 aliphatic rings. The van der Waals surface area contributed by atoms with E-state index in [1.165, 1.54) is 0 Å². The zero-order valence-corrected chi connectivity index (χ0v) is 9.68. The summed E-state index contributed by atoms with van der Waals surface area (Å²) in [6.45, 7) is 6.13. The maximum absolute atomic E-state index is 10.6. The second-order valence-corrected chi connectivity index (χ2v) is 3.87. The minimum absolute atomic E-state index is 0.577. The molecule has 1 atom stereocenters. The van der Waals surface area contributed by atoms with Crippen molar-refractivity contribution in [3.8, 4) is 0 Å². The zero-order valence-electron chi connectivity index (χ0n) is 9.68. The highest BCUT2D eigenvalue weighted by Crippen LogP contribution is 2.01. The molecule has 0 fully saturated rings. The molecule has 0 saturated carbocycles. The molecule has 0 aliphatic heterocycles. The van der Waals surface area contributed by atoms with Crippen LogP contribution >= 0.6 is 0 Å². The summed E-state index contributed by atoms with van der Waals surface area (Å²) in [4.78, 5) is 16.9. The first kappa shape index (κ1) is 11.9. The van der Waals surface area contributed by atoms with E-state index >= 15 is 0 Å². The predicted molar refractivity (Wildman–Crippen MR) is 60.0 cm³/mol. The van der Waals surface area contributed by atoms with Crippen molar-refractivity contribution in [2.75, 3.05) is 13.6 Å². The third-order valence-electron chi connectivity index (χ3n) is 2.90. The number of carbonyl (C=O) groups is 1. The average molecular weight is 209 g/mol. The van der Waals surface area contributed by atoms with Crippen LogP contribution in [0, 0.1) is 0 Å². The number of hydrogen-bond donors (Lipinski definition) is 0. The number of carbonyl (C=O) groups excluding carboxylic acids is 1. The third kappa shape index (κ3) is 3.16. The fraction of sp³-hybridized carbons (Fsp3) is 0.636. The number of hydrogen-bond acceptors (Lipinski definition) is 3. The lowest BCUT2D eigenvalue weighted by Gasteiger charge is -2.23. The predicted octanol–water partition coefficient (Wildman–Crippen LogP) is 1.43. The Labute approximate surface area is 90.9 Å². The zero-order chi connectivity index (χ0) is 11.3. The molecule has 4 heteroatoms. The minimum Gasteiger partial charge on any atom is -0.327 e. The molecule has 0 saturated heterocycles. The van der Waals surface area contributed by atoms with Crippen LogP contribution in [0.15, 0.2) is 12.5 Å². The molecule has 0 aromatic carbocycles. The molecule has 1 heterocycles. The minimum atomic E-state index is 0.577. The van der Waals surface area contributed by atoms with Crippen molar-refractivity contribution < 1.29 is 4.79 Å². The van der Waals surface area contributed by atoms with Crippen LogP contribution in [0.25, 0.3) is 0 Å². The smallest absolute Gasteiger partial charge is 0.168 e. The maximum Gasteiger partial charge on any atom is 0.168 e. The second kappa shape index (κ2) is 5.66.